The zero-order chi connectivity index (χ0) is 19.3. The van der Waals surface area contributed by atoms with Crippen molar-refractivity contribution in [1.82, 2.24) is 14.9 Å². The Morgan fingerprint density at radius 3 is 2.62 bits per heavy atom. The van der Waals surface area contributed by atoms with Gasteiger partial charge in [-0.3, -0.25) is 19.4 Å². The van der Waals surface area contributed by atoms with Gasteiger partial charge in [0.25, 0.3) is 5.56 Å². The second-order valence-electron chi connectivity index (χ2n) is 5.22. The van der Waals surface area contributed by atoms with Crippen LogP contribution in [0.4, 0.5) is 0 Å². The zero-order valence-corrected chi connectivity index (χ0v) is 15.0. The highest BCUT2D eigenvalue weighted by Gasteiger charge is 2.15. The number of carbonyl (C=O) groups excluding carboxylic acids is 2. The van der Waals surface area contributed by atoms with Crippen LogP contribution in [0.1, 0.15) is 0 Å². The number of hydrogen-bond acceptors (Lipinski definition) is 6. The van der Waals surface area contributed by atoms with Gasteiger partial charge in [0.15, 0.2) is 4.77 Å². The number of nitrogens with one attached hydrogen (secondary N) is 2. The minimum absolute atomic E-state index is 0.0552. The van der Waals surface area contributed by atoms with Gasteiger partial charge in [0, 0.05) is 17.7 Å². The highest BCUT2D eigenvalue weighted by atomic mass is 32.1. The van der Waals surface area contributed by atoms with Gasteiger partial charge in [-0.05, 0) is 24.4 Å². The summed E-state index contributed by atoms with van der Waals surface area (Å²) in [5, 5.41) is 2.37. The van der Waals surface area contributed by atoms with E-state index in [0.29, 0.717) is 22.8 Å². The van der Waals surface area contributed by atoms with Crippen LogP contribution in [0.25, 0.3) is 11.3 Å². The van der Waals surface area contributed by atoms with Crippen molar-refractivity contribution in [3.05, 3.63) is 39.4 Å². The lowest BCUT2D eigenvalue weighted by Gasteiger charge is -2.16. The van der Waals surface area contributed by atoms with Crippen LogP contribution < -0.4 is 26.1 Å². The first-order valence-electron chi connectivity index (χ1n) is 7.47. The van der Waals surface area contributed by atoms with Crippen LogP contribution in [-0.4, -0.2) is 42.1 Å². The van der Waals surface area contributed by atoms with Crippen molar-refractivity contribution in [3.8, 4) is 22.8 Å². The summed E-state index contributed by atoms with van der Waals surface area (Å²) in [6.45, 7) is -0.510. The maximum absolute atomic E-state index is 12.1. The smallest absolute Gasteiger partial charge is 0.252 e. The molecule has 0 fully saturated rings. The molecule has 1 heterocycles. The second-order valence-corrected chi connectivity index (χ2v) is 5.61. The number of methoxy groups -OCH3 is 2. The van der Waals surface area contributed by atoms with E-state index >= 15 is 0 Å². The lowest BCUT2D eigenvalue weighted by atomic mass is 10.1. The van der Waals surface area contributed by atoms with Crippen LogP contribution >= 0.6 is 12.2 Å². The SMILES string of the molecule is COc1ccc(-c2cc(=O)[nH]c(=S)n2CC(=O)NCC(N)=O)c(OC)c1. The molecule has 0 unspecified atom stereocenters. The number of benzene rings is 1. The molecular weight excluding hydrogens is 360 g/mol. The number of hydrogen-bond donors (Lipinski definition) is 3. The van der Waals surface area contributed by atoms with Gasteiger partial charge in [0.05, 0.1) is 26.5 Å². The van der Waals surface area contributed by atoms with Crippen LogP contribution in [0, 0.1) is 4.77 Å². The number of rotatable bonds is 7. The molecule has 10 heteroatoms. The summed E-state index contributed by atoms with van der Waals surface area (Å²) in [7, 11) is 3.00. The Labute approximate surface area is 153 Å². The molecule has 0 spiro atoms. The standard InChI is InChI=1S/C16H18N4O5S/c1-24-9-3-4-10(12(5-9)25-2)11-6-14(22)19-16(26)20(11)8-15(23)18-7-13(17)21/h3-6H,7-8H2,1-2H3,(H2,17,21)(H,18,23)(H,19,22,26). The summed E-state index contributed by atoms with van der Waals surface area (Å²) in [6.07, 6.45) is 0. The Hall–Kier alpha value is -3.14. The molecule has 0 aliphatic rings. The predicted molar refractivity (Wildman–Crippen MR) is 96.6 cm³/mol. The lowest BCUT2D eigenvalue weighted by molar-refractivity contribution is -0.125. The predicted octanol–water partition coefficient (Wildman–Crippen LogP) is 0.192. The normalized spacial score (nSPS) is 10.2. The molecule has 138 valence electrons. The summed E-state index contributed by atoms with van der Waals surface area (Å²) < 4.78 is 12.0. The van der Waals surface area contributed by atoms with Gasteiger partial charge in [0.1, 0.15) is 18.0 Å². The van der Waals surface area contributed by atoms with E-state index < -0.39 is 17.4 Å². The first-order valence-corrected chi connectivity index (χ1v) is 7.88. The minimum atomic E-state index is -0.666. The van der Waals surface area contributed by atoms with Crippen LogP contribution in [-0.2, 0) is 16.1 Å². The van der Waals surface area contributed by atoms with Crippen molar-refractivity contribution < 1.29 is 19.1 Å². The summed E-state index contributed by atoms with van der Waals surface area (Å²) in [4.78, 5) is 37.2. The van der Waals surface area contributed by atoms with Crippen molar-refractivity contribution in [2.45, 2.75) is 6.54 Å². The van der Waals surface area contributed by atoms with E-state index in [1.165, 1.54) is 24.9 Å². The molecule has 1 aromatic carbocycles. The van der Waals surface area contributed by atoms with E-state index in [1.807, 2.05) is 0 Å². The van der Waals surface area contributed by atoms with E-state index in [9.17, 15) is 14.4 Å². The summed E-state index contributed by atoms with van der Waals surface area (Å²) in [5.41, 5.74) is 5.52. The van der Waals surface area contributed by atoms with Gasteiger partial charge in [-0.25, -0.2) is 0 Å². The molecule has 4 N–H and O–H groups in total. The molecule has 0 saturated heterocycles. The number of aromatic nitrogens is 2. The molecule has 0 aliphatic heterocycles. The van der Waals surface area contributed by atoms with E-state index in [-0.39, 0.29) is 17.9 Å². The van der Waals surface area contributed by atoms with Crippen LogP contribution in [0.15, 0.2) is 29.1 Å². The molecular formula is C16H18N4O5S. The molecule has 0 atom stereocenters. The van der Waals surface area contributed by atoms with Gasteiger partial charge in [-0.2, -0.15) is 0 Å². The highest BCUT2D eigenvalue weighted by Crippen LogP contribution is 2.32. The van der Waals surface area contributed by atoms with Gasteiger partial charge < -0.3 is 25.1 Å². The number of primary amides is 1. The maximum atomic E-state index is 12.1. The van der Waals surface area contributed by atoms with Crippen LogP contribution in [0.2, 0.25) is 0 Å². The number of nitrogens with two attached hydrogens (primary N) is 1. The van der Waals surface area contributed by atoms with Gasteiger partial charge in [-0.1, -0.05) is 0 Å². The average Bonchev–Trinajstić information content (AvgIpc) is 2.61. The van der Waals surface area contributed by atoms with Crippen molar-refractivity contribution in [3.63, 3.8) is 0 Å². The quantitative estimate of drug-likeness (QED) is 0.590. The zero-order valence-electron chi connectivity index (χ0n) is 14.2. The van der Waals surface area contributed by atoms with E-state index in [2.05, 4.69) is 10.3 Å². The second kappa shape index (κ2) is 8.30. The number of ether oxygens (including phenoxy) is 2. The number of H-pyrrole nitrogens is 1. The Kier molecular flexibility index (Phi) is 6.12. The van der Waals surface area contributed by atoms with Gasteiger partial charge in [-0.15, -0.1) is 0 Å². The molecule has 2 amide bonds. The molecule has 26 heavy (non-hydrogen) atoms. The Morgan fingerprint density at radius 2 is 2.00 bits per heavy atom. The first kappa shape index (κ1) is 19.2. The molecule has 2 rings (SSSR count). The number of aromatic amines is 1. The van der Waals surface area contributed by atoms with E-state index in [1.54, 1.807) is 18.2 Å². The van der Waals surface area contributed by atoms with Crippen molar-refractivity contribution in [2.24, 2.45) is 5.73 Å². The topological polar surface area (TPSA) is 128 Å². The molecule has 2 aromatic rings. The third kappa shape index (κ3) is 4.48. The van der Waals surface area contributed by atoms with Crippen molar-refractivity contribution >= 4 is 24.0 Å². The third-order valence-corrected chi connectivity index (χ3v) is 3.80. The van der Waals surface area contributed by atoms with Gasteiger partial charge >= 0.3 is 0 Å². The maximum Gasteiger partial charge on any atom is 0.252 e. The number of amides is 2. The summed E-state index contributed by atoms with van der Waals surface area (Å²) in [5.74, 6) is -0.142. The van der Waals surface area contributed by atoms with Crippen LogP contribution in [0.3, 0.4) is 0 Å². The molecule has 0 radical (unpaired) electrons. The third-order valence-electron chi connectivity index (χ3n) is 3.48. The summed E-state index contributed by atoms with van der Waals surface area (Å²) >= 11 is 5.18. The molecule has 9 nitrogen and oxygen atoms in total. The Morgan fingerprint density at radius 1 is 1.27 bits per heavy atom. The molecule has 0 saturated carbocycles. The fourth-order valence-electron chi connectivity index (χ4n) is 2.30. The van der Waals surface area contributed by atoms with Gasteiger partial charge in [0.2, 0.25) is 11.8 Å². The van der Waals surface area contributed by atoms with E-state index in [4.69, 9.17) is 27.4 Å². The van der Waals surface area contributed by atoms with Crippen molar-refractivity contribution in [1.29, 1.82) is 0 Å². The molecule has 0 aliphatic carbocycles. The minimum Gasteiger partial charge on any atom is -0.497 e. The fraction of sp³-hybridized carbons (Fsp3) is 0.250. The Bertz CT molecular complexity index is 950. The molecule has 1 aromatic heterocycles. The van der Waals surface area contributed by atoms with E-state index in [0.717, 1.165) is 0 Å². The summed E-state index contributed by atoms with van der Waals surface area (Å²) in [6, 6.07) is 6.34. The molecule has 0 bridgehead atoms. The average molecular weight is 378 g/mol. The lowest BCUT2D eigenvalue weighted by Crippen LogP contribution is -2.36. The Balaban J connectivity index is 2.52. The fourth-order valence-corrected chi connectivity index (χ4v) is 2.56. The number of nitrogens with zero attached hydrogens (tertiary/aromatic N) is 1. The monoisotopic (exact) mass is 378 g/mol. The first-order chi connectivity index (χ1) is 12.3. The van der Waals surface area contributed by atoms with Crippen LogP contribution in [0.5, 0.6) is 11.5 Å². The van der Waals surface area contributed by atoms with Crippen molar-refractivity contribution in [2.75, 3.05) is 20.8 Å². The highest BCUT2D eigenvalue weighted by molar-refractivity contribution is 7.71. The number of carbonyl (C=O) groups is 2. The largest absolute Gasteiger partial charge is 0.497 e.